The van der Waals surface area contributed by atoms with E-state index in [1.165, 1.54) is 12.3 Å². The minimum absolute atomic E-state index is 0.111. The van der Waals surface area contributed by atoms with Crippen LogP contribution in [0.25, 0.3) is 0 Å². The Bertz CT molecular complexity index is 572. The van der Waals surface area contributed by atoms with Gasteiger partial charge < -0.3 is 9.84 Å². The van der Waals surface area contributed by atoms with E-state index >= 15 is 0 Å². The van der Waals surface area contributed by atoms with Gasteiger partial charge in [-0.1, -0.05) is 0 Å². The summed E-state index contributed by atoms with van der Waals surface area (Å²) in [6.07, 6.45) is -5.59. The highest BCUT2D eigenvalue weighted by atomic mass is 32.1. The minimum Gasteiger partial charge on any atom is -0.464 e. The van der Waals surface area contributed by atoms with E-state index in [2.05, 4.69) is 14.8 Å². The average Bonchev–Trinajstić information content (AvgIpc) is 2.92. The van der Waals surface area contributed by atoms with E-state index in [0.29, 0.717) is 5.01 Å². The molecule has 0 amide bonds. The molecular formula is C10H10F3N3O3S. The van der Waals surface area contributed by atoms with Gasteiger partial charge in [-0.05, 0) is 6.92 Å². The number of hydrazone groups is 1. The Balaban J connectivity index is 2.39. The lowest BCUT2D eigenvalue weighted by Gasteiger charge is -2.32. The number of methoxy groups -OCH3 is 1. The lowest BCUT2D eigenvalue weighted by Crippen LogP contribution is -2.55. The molecule has 0 saturated heterocycles. The predicted octanol–water partition coefficient (Wildman–Crippen LogP) is 1.77. The molecule has 0 unspecified atom stereocenters. The van der Waals surface area contributed by atoms with Crippen LogP contribution in [0.1, 0.15) is 23.8 Å². The first kappa shape index (κ1) is 14.7. The zero-order valence-corrected chi connectivity index (χ0v) is 11.2. The molecule has 110 valence electrons. The maximum Gasteiger partial charge on any atom is 0.438 e. The summed E-state index contributed by atoms with van der Waals surface area (Å²) in [5.74, 6) is -0.775. The lowest BCUT2D eigenvalue weighted by atomic mass is 10.1. The molecule has 0 radical (unpaired) electrons. The van der Waals surface area contributed by atoms with Gasteiger partial charge in [0, 0.05) is 17.5 Å². The number of hydrogen-bond acceptors (Lipinski definition) is 7. The van der Waals surface area contributed by atoms with Crippen LogP contribution in [-0.4, -0.2) is 40.8 Å². The van der Waals surface area contributed by atoms with E-state index in [1.54, 1.807) is 0 Å². The van der Waals surface area contributed by atoms with Crippen molar-refractivity contribution in [2.24, 2.45) is 5.10 Å². The van der Waals surface area contributed by atoms with Crippen LogP contribution in [0.5, 0.6) is 0 Å². The van der Waals surface area contributed by atoms with Crippen molar-refractivity contribution in [1.29, 1.82) is 0 Å². The highest BCUT2D eigenvalue weighted by Gasteiger charge is 2.62. The normalized spacial score (nSPS) is 22.9. The second-order valence-electron chi connectivity index (χ2n) is 4.15. The number of rotatable bonds is 2. The first-order valence-corrected chi connectivity index (χ1v) is 6.24. The van der Waals surface area contributed by atoms with Crippen molar-refractivity contribution >= 4 is 28.1 Å². The highest BCUT2D eigenvalue weighted by molar-refractivity contribution is 7.14. The van der Waals surface area contributed by atoms with Crippen LogP contribution in [0.2, 0.25) is 0 Å². The fourth-order valence-electron chi connectivity index (χ4n) is 1.70. The smallest absolute Gasteiger partial charge is 0.438 e. The Morgan fingerprint density at radius 1 is 1.60 bits per heavy atom. The molecule has 0 aromatic carbocycles. The zero-order chi connectivity index (χ0) is 15.1. The Morgan fingerprint density at radius 3 is 2.80 bits per heavy atom. The number of nitrogens with zero attached hydrogens (tertiary/aromatic N) is 3. The quantitative estimate of drug-likeness (QED) is 0.843. The highest BCUT2D eigenvalue weighted by Crippen LogP contribution is 2.43. The molecule has 1 aromatic rings. The van der Waals surface area contributed by atoms with Crippen molar-refractivity contribution in [2.45, 2.75) is 25.2 Å². The van der Waals surface area contributed by atoms with E-state index in [0.717, 1.165) is 18.4 Å². The van der Waals surface area contributed by atoms with Crippen molar-refractivity contribution in [3.05, 3.63) is 11.1 Å². The van der Waals surface area contributed by atoms with E-state index in [9.17, 15) is 23.1 Å². The molecule has 10 heteroatoms. The standard InChI is InChI=1S/C10H10F3N3O3S/c1-5-3-9(18,10(11,12)13)16(15-5)8-14-6(4-20-8)7(17)19-2/h4,18H,3H2,1-2H3/t9-/m0/s1. The Morgan fingerprint density at radius 2 is 2.25 bits per heavy atom. The molecule has 0 spiro atoms. The third-order valence-corrected chi connectivity index (χ3v) is 3.46. The van der Waals surface area contributed by atoms with Crippen molar-refractivity contribution in [3.63, 3.8) is 0 Å². The number of hydrogen-bond donors (Lipinski definition) is 1. The Labute approximate surface area is 115 Å². The van der Waals surface area contributed by atoms with Crippen molar-refractivity contribution in [2.75, 3.05) is 12.1 Å². The molecule has 6 nitrogen and oxygen atoms in total. The number of alkyl halides is 3. The Hall–Kier alpha value is -1.68. The number of carbonyl (C=O) groups excluding carboxylic acids is 1. The Kier molecular flexibility index (Phi) is 3.46. The first-order valence-electron chi connectivity index (χ1n) is 5.36. The number of aromatic nitrogens is 1. The van der Waals surface area contributed by atoms with Crippen LogP contribution < -0.4 is 5.01 Å². The topological polar surface area (TPSA) is 75.0 Å². The molecule has 1 aliphatic heterocycles. The summed E-state index contributed by atoms with van der Waals surface area (Å²) in [7, 11) is 1.13. The summed E-state index contributed by atoms with van der Waals surface area (Å²) in [5, 5.41) is 14.9. The molecule has 1 atom stereocenters. The van der Waals surface area contributed by atoms with Crippen LogP contribution >= 0.6 is 11.3 Å². The van der Waals surface area contributed by atoms with Gasteiger partial charge in [0.1, 0.15) is 0 Å². The molecule has 20 heavy (non-hydrogen) atoms. The van der Waals surface area contributed by atoms with E-state index in [1.807, 2.05) is 0 Å². The summed E-state index contributed by atoms with van der Waals surface area (Å²) in [6, 6.07) is 0. The van der Waals surface area contributed by atoms with Crippen LogP contribution in [0.15, 0.2) is 10.5 Å². The summed E-state index contributed by atoms with van der Waals surface area (Å²) >= 11 is 0.758. The van der Waals surface area contributed by atoms with Gasteiger partial charge in [-0.2, -0.15) is 23.3 Å². The van der Waals surface area contributed by atoms with Gasteiger partial charge in [-0.15, -0.1) is 11.3 Å². The largest absolute Gasteiger partial charge is 0.464 e. The molecular weight excluding hydrogens is 299 g/mol. The molecule has 0 saturated carbocycles. The summed E-state index contributed by atoms with van der Waals surface area (Å²) in [4.78, 5) is 15.0. The van der Waals surface area contributed by atoms with Crippen LogP contribution in [0, 0.1) is 0 Å². The van der Waals surface area contributed by atoms with E-state index < -0.39 is 24.3 Å². The minimum atomic E-state index is -4.91. The van der Waals surface area contributed by atoms with Crippen LogP contribution in [0.4, 0.5) is 18.3 Å². The molecule has 1 aromatic heterocycles. The molecule has 2 heterocycles. The van der Waals surface area contributed by atoms with Crippen molar-refractivity contribution < 1.29 is 27.8 Å². The number of anilines is 1. The van der Waals surface area contributed by atoms with Gasteiger partial charge in [0.25, 0.3) is 5.72 Å². The number of halogens is 3. The van der Waals surface area contributed by atoms with Crippen molar-refractivity contribution in [1.82, 2.24) is 4.98 Å². The second-order valence-corrected chi connectivity index (χ2v) is 4.98. The summed E-state index contributed by atoms with van der Waals surface area (Å²) in [5.41, 5.74) is -3.18. The fourth-order valence-corrected chi connectivity index (χ4v) is 2.51. The molecule has 2 rings (SSSR count). The summed E-state index contributed by atoms with van der Waals surface area (Å²) in [6.45, 7) is 1.37. The maximum absolute atomic E-state index is 13.0. The third kappa shape index (κ3) is 2.24. The maximum atomic E-state index is 13.0. The number of carbonyl (C=O) groups is 1. The molecule has 1 N–H and O–H groups in total. The first-order chi connectivity index (χ1) is 9.19. The third-order valence-electron chi connectivity index (χ3n) is 2.65. The number of ether oxygens (including phenoxy) is 1. The van der Waals surface area contributed by atoms with E-state index in [-0.39, 0.29) is 16.5 Å². The molecule has 1 aliphatic rings. The van der Waals surface area contributed by atoms with Gasteiger partial charge in [0.05, 0.1) is 7.11 Å². The van der Waals surface area contributed by atoms with Gasteiger partial charge in [-0.3, -0.25) is 0 Å². The van der Waals surface area contributed by atoms with Gasteiger partial charge in [-0.25, -0.2) is 9.78 Å². The number of aliphatic hydroxyl groups is 1. The lowest BCUT2D eigenvalue weighted by molar-refractivity contribution is -0.254. The van der Waals surface area contributed by atoms with Crippen LogP contribution in [-0.2, 0) is 4.74 Å². The fraction of sp³-hybridized carbons (Fsp3) is 0.500. The molecule has 0 fully saturated rings. The van der Waals surface area contributed by atoms with E-state index in [4.69, 9.17) is 0 Å². The monoisotopic (exact) mass is 309 g/mol. The van der Waals surface area contributed by atoms with Crippen molar-refractivity contribution in [3.8, 4) is 0 Å². The SMILES string of the molecule is COC(=O)c1csc(N2N=C(C)C[C@]2(O)C(F)(F)F)n1. The van der Waals surface area contributed by atoms with Gasteiger partial charge >= 0.3 is 12.1 Å². The van der Waals surface area contributed by atoms with Gasteiger partial charge in [0.15, 0.2) is 5.69 Å². The zero-order valence-electron chi connectivity index (χ0n) is 10.4. The average molecular weight is 309 g/mol. The number of esters is 1. The van der Waals surface area contributed by atoms with Crippen LogP contribution in [0.3, 0.4) is 0 Å². The molecule has 0 aliphatic carbocycles. The number of thiazole rings is 1. The predicted molar refractivity (Wildman–Crippen MR) is 64.7 cm³/mol. The van der Waals surface area contributed by atoms with Gasteiger partial charge in [0.2, 0.25) is 5.13 Å². The second kappa shape index (κ2) is 4.70. The summed E-state index contributed by atoms with van der Waals surface area (Å²) < 4.78 is 43.4. The molecule has 0 bridgehead atoms.